The predicted octanol–water partition coefficient (Wildman–Crippen LogP) is 4.60. The van der Waals surface area contributed by atoms with Crippen LogP contribution < -0.4 is 20.2 Å². The van der Waals surface area contributed by atoms with Gasteiger partial charge in [0.15, 0.2) is 0 Å². The van der Waals surface area contributed by atoms with Gasteiger partial charge in [0, 0.05) is 11.4 Å². The fourth-order valence-corrected chi connectivity index (χ4v) is 4.69. The van der Waals surface area contributed by atoms with E-state index in [4.69, 9.17) is 9.47 Å². The Balaban J connectivity index is 1.59. The minimum atomic E-state index is -0.341. The van der Waals surface area contributed by atoms with E-state index in [1.807, 2.05) is 79.2 Å². The summed E-state index contributed by atoms with van der Waals surface area (Å²) in [5, 5.41) is 3.73. The molecule has 0 aliphatic carbocycles. The number of carbonyl (C=O) groups excluding carboxylic acids is 1. The Morgan fingerprint density at radius 1 is 1.07 bits per heavy atom. The first-order valence-corrected chi connectivity index (χ1v) is 10.8. The molecular formula is C23H25N3O3S. The minimum Gasteiger partial charge on any atom is -0.497 e. The van der Waals surface area contributed by atoms with Crippen molar-refractivity contribution in [1.82, 2.24) is 4.68 Å². The molecule has 1 aromatic heterocycles. The molecule has 30 heavy (non-hydrogen) atoms. The van der Waals surface area contributed by atoms with Crippen molar-refractivity contribution >= 4 is 23.4 Å². The smallest absolute Gasteiger partial charge is 0.240 e. The summed E-state index contributed by atoms with van der Waals surface area (Å²) in [7, 11) is 1.65. The number of anilines is 1. The summed E-state index contributed by atoms with van der Waals surface area (Å²) in [5.74, 6) is 1.52. The minimum absolute atomic E-state index is 0.0532. The average Bonchev–Trinajstić information content (AvgIpc) is 3.14. The first-order chi connectivity index (χ1) is 14.6. The van der Waals surface area contributed by atoms with Gasteiger partial charge >= 0.3 is 0 Å². The van der Waals surface area contributed by atoms with Gasteiger partial charge in [-0.1, -0.05) is 23.9 Å². The van der Waals surface area contributed by atoms with E-state index in [0.29, 0.717) is 6.61 Å². The molecule has 2 aromatic carbocycles. The van der Waals surface area contributed by atoms with Gasteiger partial charge in [-0.25, -0.2) is 0 Å². The third kappa shape index (κ3) is 4.11. The van der Waals surface area contributed by atoms with Gasteiger partial charge in [-0.2, -0.15) is 0 Å². The highest BCUT2D eigenvalue weighted by Gasteiger charge is 2.36. The third-order valence-electron chi connectivity index (χ3n) is 5.03. The zero-order valence-electron chi connectivity index (χ0n) is 17.2. The second-order valence-electron chi connectivity index (χ2n) is 7.01. The molecule has 2 N–H and O–H groups in total. The maximum absolute atomic E-state index is 13.3. The first kappa shape index (κ1) is 20.2. The molecule has 3 aromatic rings. The molecule has 0 spiro atoms. The number of benzene rings is 2. The largest absolute Gasteiger partial charge is 0.497 e. The summed E-state index contributed by atoms with van der Waals surface area (Å²) in [6.45, 7) is 4.60. The van der Waals surface area contributed by atoms with Crippen LogP contribution in [0.5, 0.6) is 11.5 Å². The number of aromatic nitrogens is 1. The molecule has 0 unspecified atom stereocenters. The molecule has 4 rings (SSSR count). The van der Waals surface area contributed by atoms with E-state index >= 15 is 0 Å². The van der Waals surface area contributed by atoms with E-state index in [1.165, 1.54) is 0 Å². The van der Waals surface area contributed by atoms with Crippen molar-refractivity contribution in [2.75, 3.05) is 24.5 Å². The number of thioether (sulfide) groups is 1. The number of nitrogens with one attached hydrogen (secondary N) is 2. The van der Waals surface area contributed by atoms with Crippen molar-refractivity contribution in [3.05, 3.63) is 71.9 Å². The van der Waals surface area contributed by atoms with E-state index in [-0.39, 0.29) is 17.2 Å². The molecule has 1 aliphatic rings. The van der Waals surface area contributed by atoms with E-state index in [9.17, 15) is 4.79 Å². The van der Waals surface area contributed by atoms with Crippen molar-refractivity contribution in [3.63, 3.8) is 0 Å². The highest BCUT2D eigenvalue weighted by Crippen LogP contribution is 2.39. The van der Waals surface area contributed by atoms with Gasteiger partial charge in [0.2, 0.25) is 5.91 Å². The van der Waals surface area contributed by atoms with Crippen molar-refractivity contribution in [2.24, 2.45) is 0 Å². The molecule has 2 heterocycles. The van der Waals surface area contributed by atoms with Crippen LogP contribution in [0.25, 0.3) is 0 Å². The van der Waals surface area contributed by atoms with Crippen LogP contribution in [0.1, 0.15) is 24.2 Å². The molecule has 6 nitrogen and oxygen atoms in total. The number of amides is 1. The predicted molar refractivity (Wildman–Crippen MR) is 120 cm³/mol. The monoisotopic (exact) mass is 423 g/mol. The Morgan fingerprint density at radius 3 is 2.43 bits per heavy atom. The van der Waals surface area contributed by atoms with Crippen LogP contribution in [0.15, 0.2) is 65.7 Å². The van der Waals surface area contributed by atoms with Crippen LogP contribution in [0.3, 0.4) is 0 Å². The molecule has 2 atom stereocenters. The fourth-order valence-electron chi connectivity index (χ4n) is 3.46. The number of fused-ring (bicyclic) bond motifs is 1. The Labute approximate surface area is 180 Å². The second kappa shape index (κ2) is 8.75. The number of aryl methyl sites for hydroxylation is 1. The Hall–Kier alpha value is -3.06. The van der Waals surface area contributed by atoms with E-state index in [1.54, 1.807) is 18.9 Å². The topological polar surface area (TPSA) is 64.5 Å². The van der Waals surface area contributed by atoms with E-state index in [2.05, 4.69) is 10.7 Å². The van der Waals surface area contributed by atoms with Gasteiger partial charge in [-0.3, -0.25) is 9.47 Å². The van der Waals surface area contributed by atoms with Crippen LogP contribution in [0.2, 0.25) is 0 Å². The van der Waals surface area contributed by atoms with Gasteiger partial charge in [-0.05, 0) is 67.9 Å². The number of nitrogens with zero attached hydrogens (tertiary/aromatic N) is 1. The summed E-state index contributed by atoms with van der Waals surface area (Å²) in [4.78, 5) is 13.3. The lowest BCUT2D eigenvalue weighted by Crippen LogP contribution is -2.41. The van der Waals surface area contributed by atoms with Crippen molar-refractivity contribution in [3.8, 4) is 11.5 Å². The Morgan fingerprint density at radius 2 is 1.77 bits per heavy atom. The SMILES string of the molecule is CCOc1ccc(NC(=O)[C@H]2Sc3ccc(C)n3N[C@H]2c2ccc(OC)cc2)cc1. The molecule has 1 amide bonds. The highest BCUT2D eigenvalue weighted by atomic mass is 32.2. The molecule has 0 fully saturated rings. The summed E-state index contributed by atoms with van der Waals surface area (Å²) in [5.41, 5.74) is 6.38. The Kier molecular flexibility index (Phi) is 5.90. The van der Waals surface area contributed by atoms with Gasteiger partial charge in [0.05, 0.1) is 24.8 Å². The van der Waals surface area contributed by atoms with Gasteiger partial charge in [0.1, 0.15) is 16.7 Å². The first-order valence-electron chi connectivity index (χ1n) is 9.88. The van der Waals surface area contributed by atoms with E-state index < -0.39 is 0 Å². The average molecular weight is 424 g/mol. The van der Waals surface area contributed by atoms with Crippen molar-refractivity contribution in [2.45, 2.75) is 30.2 Å². The van der Waals surface area contributed by atoms with Gasteiger partial charge in [-0.15, -0.1) is 0 Å². The van der Waals surface area contributed by atoms with Crippen LogP contribution in [-0.2, 0) is 4.79 Å². The molecule has 0 bridgehead atoms. The lowest BCUT2D eigenvalue weighted by molar-refractivity contribution is -0.116. The number of methoxy groups -OCH3 is 1. The molecule has 0 saturated carbocycles. The zero-order valence-corrected chi connectivity index (χ0v) is 18.0. The highest BCUT2D eigenvalue weighted by molar-refractivity contribution is 8.00. The standard InChI is InChI=1S/C23H25N3O3S/c1-4-29-19-12-8-17(9-13-19)24-23(27)22-21(16-6-10-18(28-3)11-7-16)25-26-15(2)5-14-20(26)30-22/h5-14,21-22,25H,4H2,1-3H3,(H,24,27)/t21-,22-/m0/s1. The summed E-state index contributed by atoms with van der Waals surface area (Å²) in [6, 6.07) is 19.2. The Bertz CT molecular complexity index is 1020. The van der Waals surface area contributed by atoms with Crippen LogP contribution in [0.4, 0.5) is 5.69 Å². The van der Waals surface area contributed by atoms with Crippen LogP contribution in [-0.4, -0.2) is 29.5 Å². The maximum Gasteiger partial charge on any atom is 0.240 e. The molecule has 0 saturated heterocycles. The third-order valence-corrected chi connectivity index (χ3v) is 6.33. The molecular weight excluding hydrogens is 398 g/mol. The number of ether oxygens (including phenoxy) is 2. The molecule has 7 heteroatoms. The zero-order chi connectivity index (χ0) is 21.1. The summed E-state index contributed by atoms with van der Waals surface area (Å²) >= 11 is 1.56. The summed E-state index contributed by atoms with van der Waals surface area (Å²) < 4.78 is 12.8. The number of hydrogen-bond acceptors (Lipinski definition) is 5. The lowest BCUT2D eigenvalue weighted by atomic mass is 10.0. The molecule has 156 valence electrons. The lowest BCUT2D eigenvalue weighted by Gasteiger charge is -2.34. The number of hydrogen-bond donors (Lipinski definition) is 2. The van der Waals surface area contributed by atoms with E-state index in [0.717, 1.165) is 33.5 Å². The van der Waals surface area contributed by atoms with Crippen LogP contribution in [0, 0.1) is 6.92 Å². The molecule has 0 radical (unpaired) electrons. The van der Waals surface area contributed by atoms with Crippen LogP contribution >= 0.6 is 11.8 Å². The number of carbonyl (C=O) groups is 1. The van der Waals surface area contributed by atoms with Gasteiger partial charge < -0.3 is 20.2 Å². The molecule has 1 aliphatic heterocycles. The summed E-state index contributed by atoms with van der Waals surface area (Å²) in [6.07, 6.45) is 0. The normalized spacial score (nSPS) is 17.6. The quantitative estimate of drug-likeness (QED) is 0.607. The van der Waals surface area contributed by atoms with Crippen molar-refractivity contribution < 1.29 is 14.3 Å². The second-order valence-corrected chi connectivity index (χ2v) is 8.18. The van der Waals surface area contributed by atoms with Crippen molar-refractivity contribution in [1.29, 1.82) is 0 Å². The number of rotatable bonds is 6. The fraction of sp³-hybridized carbons (Fsp3) is 0.261. The van der Waals surface area contributed by atoms with Gasteiger partial charge in [0.25, 0.3) is 0 Å². The maximum atomic E-state index is 13.3.